The molecule has 0 aliphatic carbocycles. The van der Waals surface area contributed by atoms with Crippen LogP contribution in [0.2, 0.25) is 0 Å². The fraction of sp³-hybridized carbons (Fsp3) is 0.259. The monoisotopic (exact) mass is 481 g/mol. The third kappa shape index (κ3) is 7.06. The van der Waals surface area contributed by atoms with Crippen LogP contribution < -0.4 is 10.6 Å². The third-order valence-corrected chi connectivity index (χ3v) is 5.99. The third-order valence-electron chi connectivity index (χ3n) is 5.99. The van der Waals surface area contributed by atoms with E-state index in [1.54, 1.807) is 11.0 Å². The molecule has 0 aromatic heterocycles. The van der Waals surface area contributed by atoms with Crippen LogP contribution in [0.15, 0.2) is 78.9 Å². The number of benzene rings is 3. The highest BCUT2D eigenvalue weighted by atomic mass is 35.5. The van der Waals surface area contributed by atoms with Crippen LogP contribution in [0.1, 0.15) is 24.0 Å². The Morgan fingerprint density at radius 3 is 2.24 bits per heavy atom. The minimum absolute atomic E-state index is 0. The summed E-state index contributed by atoms with van der Waals surface area (Å²) in [5.74, 6) is -0.928. The predicted octanol–water partition coefficient (Wildman–Crippen LogP) is 5.28. The molecule has 1 aliphatic rings. The van der Waals surface area contributed by atoms with Gasteiger partial charge in [-0.25, -0.2) is 4.39 Å². The van der Waals surface area contributed by atoms with E-state index in [1.807, 2.05) is 60.7 Å². The summed E-state index contributed by atoms with van der Waals surface area (Å²) in [6, 6.07) is 24.0. The summed E-state index contributed by atoms with van der Waals surface area (Å²) in [7, 11) is 0. The fourth-order valence-corrected chi connectivity index (χ4v) is 4.13. The van der Waals surface area contributed by atoms with Crippen molar-refractivity contribution in [2.45, 2.75) is 25.8 Å². The first-order chi connectivity index (χ1) is 16.1. The second-order valence-electron chi connectivity index (χ2n) is 8.44. The van der Waals surface area contributed by atoms with Crippen molar-refractivity contribution in [1.29, 1.82) is 0 Å². The molecule has 3 aromatic carbocycles. The highest BCUT2D eigenvalue weighted by Gasteiger charge is 2.27. The number of carbonyl (C=O) groups excluding carboxylic acids is 2. The van der Waals surface area contributed by atoms with E-state index in [-0.39, 0.29) is 18.2 Å². The number of anilines is 2. The maximum Gasteiger partial charge on any atom is 0.313 e. The van der Waals surface area contributed by atoms with E-state index in [0.29, 0.717) is 31.2 Å². The molecule has 5 nitrogen and oxygen atoms in total. The smallest absolute Gasteiger partial charge is 0.313 e. The van der Waals surface area contributed by atoms with E-state index in [9.17, 15) is 14.0 Å². The molecule has 7 heteroatoms. The van der Waals surface area contributed by atoms with Gasteiger partial charge in [0.15, 0.2) is 0 Å². The van der Waals surface area contributed by atoms with Crippen molar-refractivity contribution in [3.63, 3.8) is 0 Å². The molecule has 4 rings (SSSR count). The first kappa shape index (κ1) is 25.2. The van der Waals surface area contributed by atoms with Gasteiger partial charge in [0.1, 0.15) is 5.82 Å². The number of hydrogen-bond acceptors (Lipinski definition) is 3. The Balaban J connectivity index is 0.00000324. The van der Waals surface area contributed by atoms with Gasteiger partial charge in [0, 0.05) is 31.0 Å². The van der Waals surface area contributed by atoms with Gasteiger partial charge in [-0.15, -0.1) is 12.4 Å². The van der Waals surface area contributed by atoms with E-state index < -0.39 is 11.8 Å². The highest BCUT2D eigenvalue weighted by Crippen LogP contribution is 2.22. The lowest BCUT2D eigenvalue weighted by molar-refractivity contribution is -0.144. The molecule has 0 spiro atoms. The van der Waals surface area contributed by atoms with Crippen molar-refractivity contribution in [3.05, 3.63) is 95.8 Å². The molecule has 1 saturated heterocycles. The van der Waals surface area contributed by atoms with Gasteiger partial charge in [0.2, 0.25) is 0 Å². The molecule has 2 N–H and O–H groups in total. The van der Waals surface area contributed by atoms with Crippen molar-refractivity contribution in [2.24, 2.45) is 5.92 Å². The normalized spacial score (nSPS) is 13.6. The van der Waals surface area contributed by atoms with E-state index in [4.69, 9.17) is 0 Å². The molecule has 1 heterocycles. The molecule has 0 radical (unpaired) electrons. The van der Waals surface area contributed by atoms with Crippen molar-refractivity contribution < 1.29 is 14.0 Å². The molecule has 178 valence electrons. The summed E-state index contributed by atoms with van der Waals surface area (Å²) in [6.45, 7) is 1.78. The summed E-state index contributed by atoms with van der Waals surface area (Å²) >= 11 is 0. The first-order valence-electron chi connectivity index (χ1n) is 11.3. The quantitative estimate of drug-likeness (QED) is 0.471. The zero-order chi connectivity index (χ0) is 23.0. The fourth-order valence-electron chi connectivity index (χ4n) is 4.13. The van der Waals surface area contributed by atoms with Gasteiger partial charge in [-0.3, -0.25) is 9.59 Å². The highest BCUT2D eigenvalue weighted by molar-refractivity contribution is 6.39. The van der Waals surface area contributed by atoms with Crippen molar-refractivity contribution in [3.8, 4) is 0 Å². The van der Waals surface area contributed by atoms with Crippen LogP contribution in [0.4, 0.5) is 15.8 Å². The number of halogens is 2. The Morgan fingerprint density at radius 2 is 1.53 bits per heavy atom. The molecule has 34 heavy (non-hydrogen) atoms. The van der Waals surface area contributed by atoms with E-state index in [0.717, 1.165) is 36.1 Å². The van der Waals surface area contributed by atoms with Crippen molar-refractivity contribution >= 4 is 35.6 Å². The molecular formula is C27H29ClFN3O2. The van der Waals surface area contributed by atoms with Crippen molar-refractivity contribution in [2.75, 3.05) is 23.7 Å². The maximum atomic E-state index is 13.1. The topological polar surface area (TPSA) is 61.4 Å². The average Bonchev–Trinajstić information content (AvgIpc) is 2.85. The zero-order valence-electron chi connectivity index (χ0n) is 18.9. The molecule has 3 aromatic rings. The molecule has 0 bridgehead atoms. The standard InChI is InChI=1S/C27H28FN3O2.ClH/c28-23-11-9-20(10-12-23)17-21-13-15-31(16-14-21)27(33)26(32)30-25-8-4-7-24(18-25)29-19-22-5-2-1-3-6-22;/h1-12,18,21,29H,13-17,19H2,(H,30,32);1H. The number of hydrogen-bond donors (Lipinski definition) is 2. The summed E-state index contributed by atoms with van der Waals surface area (Å²) in [5, 5.41) is 6.06. The van der Waals surface area contributed by atoms with Crippen LogP contribution in [0.3, 0.4) is 0 Å². The average molecular weight is 482 g/mol. The van der Waals surface area contributed by atoms with Gasteiger partial charge in [-0.05, 0) is 66.6 Å². The van der Waals surface area contributed by atoms with E-state index >= 15 is 0 Å². The lowest BCUT2D eigenvalue weighted by Crippen LogP contribution is -2.44. The van der Waals surface area contributed by atoms with Crippen LogP contribution in [0, 0.1) is 11.7 Å². The van der Waals surface area contributed by atoms with Crippen LogP contribution in [-0.2, 0) is 22.6 Å². The SMILES string of the molecule is Cl.O=C(Nc1cccc(NCc2ccccc2)c1)C(=O)N1CCC(Cc2ccc(F)cc2)CC1. The Morgan fingerprint density at radius 1 is 0.853 bits per heavy atom. The Bertz CT molecular complexity index is 1080. The van der Waals surface area contributed by atoms with Crippen LogP contribution >= 0.6 is 12.4 Å². The van der Waals surface area contributed by atoms with Gasteiger partial charge in [0.05, 0.1) is 0 Å². The Hall–Kier alpha value is -3.38. The van der Waals surface area contributed by atoms with E-state index in [1.165, 1.54) is 12.1 Å². The van der Waals surface area contributed by atoms with Gasteiger partial charge >= 0.3 is 11.8 Å². The van der Waals surface area contributed by atoms with Crippen molar-refractivity contribution in [1.82, 2.24) is 4.90 Å². The molecule has 1 aliphatic heterocycles. The van der Waals surface area contributed by atoms with Gasteiger partial charge < -0.3 is 15.5 Å². The largest absolute Gasteiger partial charge is 0.381 e. The minimum atomic E-state index is -0.618. The molecule has 0 unspecified atom stereocenters. The minimum Gasteiger partial charge on any atom is -0.381 e. The molecule has 0 saturated carbocycles. The van der Waals surface area contributed by atoms with Gasteiger partial charge in [-0.1, -0.05) is 48.5 Å². The predicted molar refractivity (Wildman–Crippen MR) is 135 cm³/mol. The lowest BCUT2D eigenvalue weighted by Gasteiger charge is -2.31. The number of nitrogens with one attached hydrogen (secondary N) is 2. The van der Waals surface area contributed by atoms with Gasteiger partial charge in [-0.2, -0.15) is 0 Å². The first-order valence-corrected chi connectivity index (χ1v) is 11.3. The maximum absolute atomic E-state index is 13.1. The molecular weight excluding hydrogens is 453 g/mol. The second kappa shape index (κ2) is 12.2. The molecule has 1 fully saturated rings. The van der Waals surface area contributed by atoms with Crippen LogP contribution in [0.25, 0.3) is 0 Å². The second-order valence-corrected chi connectivity index (χ2v) is 8.44. The number of piperidine rings is 1. The number of likely N-dealkylation sites (tertiary alicyclic amines) is 1. The Kier molecular flexibility index (Phi) is 9.05. The number of amides is 2. The lowest BCUT2D eigenvalue weighted by atomic mass is 9.90. The Labute approximate surface area is 205 Å². The summed E-state index contributed by atoms with van der Waals surface area (Å²) in [4.78, 5) is 26.8. The number of nitrogens with zero attached hydrogens (tertiary/aromatic N) is 1. The van der Waals surface area contributed by atoms with E-state index in [2.05, 4.69) is 10.6 Å². The van der Waals surface area contributed by atoms with Crippen LogP contribution in [0.5, 0.6) is 0 Å². The zero-order valence-corrected chi connectivity index (χ0v) is 19.7. The number of carbonyl (C=O) groups is 2. The van der Waals surface area contributed by atoms with Crippen LogP contribution in [-0.4, -0.2) is 29.8 Å². The number of rotatable bonds is 6. The molecule has 2 amide bonds. The summed E-state index contributed by atoms with van der Waals surface area (Å²) in [5.41, 5.74) is 3.70. The summed E-state index contributed by atoms with van der Waals surface area (Å²) in [6.07, 6.45) is 2.52. The van der Waals surface area contributed by atoms with Gasteiger partial charge in [0.25, 0.3) is 0 Å². The molecule has 0 atom stereocenters. The summed E-state index contributed by atoms with van der Waals surface area (Å²) < 4.78 is 13.1.